The minimum Gasteiger partial charge on any atom is -0.497 e. The summed E-state index contributed by atoms with van der Waals surface area (Å²) >= 11 is 0. The van der Waals surface area contributed by atoms with Crippen molar-refractivity contribution in [3.05, 3.63) is 35.4 Å². The first-order valence-corrected chi connectivity index (χ1v) is 10.3. The van der Waals surface area contributed by atoms with Crippen LogP contribution in [0.25, 0.3) is 0 Å². The Kier molecular flexibility index (Phi) is 7.32. The zero-order chi connectivity index (χ0) is 20.6. The molecule has 1 aromatic heterocycles. The lowest BCUT2D eigenvalue weighted by Gasteiger charge is -2.23. The Hall–Kier alpha value is -2.77. The Morgan fingerprint density at radius 3 is 2.83 bits per heavy atom. The summed E-state index contributed by atoms with van der Waals surface area (Å²) in [5.74, 6) is 4.44. The number of hydrogen-bond donors (Lipinski definition) is 1. The summed E-state index contributed by atoms with van der Waals surface area (Å²) in [7, 11) is 5.35. The number of aromatic nitrogens is 3. The van der Waals surface area contributed by atoms with Crippen LogP contribution in [0.3, 0.4) is 0 Å². The highest BCUT2D eigenvalue weighted by Gasteiger charge is 2.16. The van der Waals surface area contributed by atoms with E-state index >= 15 is 0 Å². The van der Waals surface area contributed by atoms with Gasteiger partial charge in [-0.3, -0.25) is 0 Å². The second-order valence-corrected chi connectivity index (χ2v) is 7.20. The summed E-state index contributed by atoms with van der Waals surface area (Å²) in [6, 6.07) is 5.87. The summed E-state index contributed by atoms with van der Waals surface area (Å²) < 4.78 is 13.1. The second-order valence-electron chi connectivity index (χ2n) is 7.20. The summed E-state index contributed by atoms with van der Waals surface area (Å²) in [4.78, 5) is 6.91. The normalized spacial score (nSPS) is 14.1. The maximum Gasteiger partial charge on any atom is 0.194 e. The van der Waals surface area contributed by atoms with Gasteiger partial charge in [0.2, 0.25) is 0 Å². The third-order valence-electron chi connectivity index (χ3n) is 5.15. The summed E-state index contributed by atoms with van der Waals surface area (Å²) in [5.41, 5.74) is 1.07. The first kappa shape index (κ1) is 21.0. The van der Waals surface area contributed by atoms with E-state index < -0.39 is 0 Å². The molecule has 0 unspecified atom stereocenters. The molecule has 1 aliphatic heterocycles. The minimum absolute atomic E-state index is 0.513. The number of hydrogen-bond acceptors (Lipinski definition) is 5. The molecular weight excluding hydrogens is 368 g/mol. The van der Waals surface area contributed by atoms with E-state index in [2.05, 4.69) is 31.9 Å². The van der Waals surface area contributed by atoms with Crippen molar-refractivity contribution in [2.24, 2.45) is 4.99 Å². The van der Waals surface area contributed by atoms with Crippen LogP contribution in [0.5, 0.6) is 11.5 Å². The molecule has 0 saturated carbocycles. The maximum atomic E-state index is 5.53. The third kappa shape index (κ3) is 5.19. The molecule has 2 heterocycles. The number of methoxy groups -OCH3 is 2. The number of nitrogens with zero attached hydrogens (tertiary/aromatic N) is 5. The summed E-state index contributed by atoms with van der Waals surface area (Å²) in [6.07, 6.45) is 4.63. The second kappa shape index (κ2) is 10.1. The lowest BCUT2D eigenvalue weighted by atomic mass is 10.2. The van der Waals surface area contributed by atoms with Crippen molar-refractivity contribution >= 4 is 5.96 Å². The van der Waals surface area contributed by atoms with E-state index in [0.717, 1.165) is 54.2 Å². The van der Waals surface area contributed by atoms with Crippen LogP contribution < -0.4 is 14.8 Å². The van der Waals surface area contributed by atoms with Gasteiger partial charge in [-0.05, 0) is 31.9 Å². The van der Waals surface area contributed by atoms with Crippen molar-refractivity contribution in [3.8, 4) is 11.5 Å². The van der Waals surface area contributed by atoms with Gasteiger partial charge in [0.1, 0.15) is 23.9 Å². The lowest BCUT2D eigenvalue weighted by Crippen LogP contribution is -2.38. The van der Waals surface area contributed by atoms with Gasteiger partial charge in [-0.15, -0.1) is 10.2 Å². The van der Waals surface area contributed by atoms with E-state index in [0.29, 0.717) is 13.1 Å². The standard InChI is InChI=1S/C21H32N6O2/c1-5-22-21(23-14-20-25-24-19-9-7-6-8-12-27(19)20)26(2)15-16-10-11-17(28-3)13-18(16)29-4/h10-11,13H,5-9,12,14-15H2,1-4H3,(H,22,23). The number of aryl methyl sites for hydroxylation is 1. The molecule has 1 aromatic carbocycles. The van der Waals surface area contributed by atoms with Crippen molar-refractivity contribution in [1.82, 2.24) is 25.0 Å². The van der Waals surface area contributed by atoms with Crippen LogP contribution in [0.4, 0.5) is 0 Å². The van der Waals surface area contributed by atoms with Crippen LogP contribution in [0.2, 0.25) is 0 Å². The number of guanidine groups is 1. The molecule has 0 saturated heterocycles. The van der Waals surface area contributed by atoms with Gasteiger partial charge in [0, 0.05) is 44.7 Å². The number of aliphatic imine (C=N–C) groups is 1. The molecule has 0 amide bonds. The number of fused-ring (bicyclic) bond motifs is 1. The first-order valence-electron chi connectivity index (χ1n) is 10.3. The summed E-state index contributed by atoms with van der Waals surface area (Å²) in [6.45, 7) is 5.03. The Bertz CT molecular complexity index is 833. The van der Waals surface area contributed by atoms with E-state index in [1.54, 1.807) is 14.2 Å². The number of nitrogens with one attached hydrogen (secondary N) is 1. The van der Waals surface area contributed by atoms with Crippen molar-refractivity contribution in [2.45, 2.75) is 52.2 Å². The maximum absolute atomic E-state index is 5.53. The molecule has 8 nitrogen and oxygen atoms in total. The fourth-order valence-corrected chi connectivity index (χ4v) is 3.59. The molecule has 0 bridgehead atoms. The highest BCUT2D eigenvalue weighted by atomic mass is 16.5. The van der Waals surface area contributed by atoms with Gasteiger partial charge in [-0.25, -0.2) is 4.99 Å². The average molecular weight is 401 g/mol. The van der Waals surface area contributed by atoms with Crippen LogP contribution in [0, 0.1) is 0 Å². The summed E-state index contributed by atoms with van der Waals surface area (Å²) in [5, 5.41) is 12.1. The molecule has 2 aromatic rings. The SMILES string of the molecule is CCNC(=NCc1nnc2n1CCCCC2)N(C)Cc1ccc(OC)cc1OC. The van der Waals surface area contributed by atoms with Crippen LogP contribution in [0.15, 0.2) is 23.2 Å². The number of rotatable bonds is 7. The van der Waals surface area contributed by atoms with Crippen molar-refractivity contribution in [1.29, 1.82) is 0 Å². The fraction of sp³-hybridized carbons (Fsp3) is 0.571. The van der Waals surface area contributed by atoms with Gasteiger partial charge in [0.05, 0.1) is 14.2 Å². The smallest absolute Gasteiger partial charge is 0.194 e. The van der Waals surface area contributed by atoms with Crippen molar-refractivity contribution < 1.29 is 9.47 Å². The quantitative estimate of drug-likeness (QED) is 0.569. The highest BCUT2D eigenvalue weighted by molar-refractivity contribution is 5.79. The Morgan fingerprint density at radius 1 is 1.21 bits per heavy atom. The number of ether oxygens (including phenoxy) is 2. The van der Waals surface area contributed by atoms with Crippen LogP contribution in [0.1, 0.15) is 43.4 Å². The Morgan fingerprint density at radius 2 is 2.07 bits per heavy atom. The molecule has 158 valence electrons. The Labute approximate surface area is 172 Å². The predicted molar refractivity (Wildman–Crippen MR) is 113 cm³/mol. The van der Waals surface area contributed by atoms with Gasteiger partial charge in [-0.2, -0.15) is 0 Å². The Balaban J connectivity index is 1.74. The topological polar surface area (TPSA) is 76.8 Å². The molecule has 0 atom stereocenters. The van der Waals surface area contributed by atoms with E-state index in [1.807, 2.05) is 25.2 Å². The van der Waals surface area contributed by atoms with Crippen LogP contribution in [-0.4, -0.2) is 53.4 Å². The van der Waals surface area contributed by atoms with Crippen LogP contribution >= 0.6 is 0 Å². The molecule has 0 aliphatic carbocycles. The van der Waals surface area contributed by atoms with E-state index in [1.165, 1.54) is 19.3 Å². The molecule has 1 aliphatic rings. The van der Waals surface area contributed by atoms with E-state index in [9.17, 15) is 0 Å². The van der Waals surface area contributed by atoms with E-state index in [4.69, 9.17) is 14.5 Å². The van der Waals surface area contributed by atoms with Gasteiger partial charge in [0.25, 0.3) is 0 Å². The zero-order valence-electron chi connectivity index (χ0n) is 17.9. The van der Waals surface area contributed by atoms with Crippen molar-refractivity contribution in [3.63, 3.8) is 0 Å². The molecule has 29 heavy (non-hydrogen) atoms. The molecule has 3 rings (SSSR count). The average Bonchev–Trinajstić information content (AvgIpc) is 2.97. The predicted octanol–water partition coefficient (Wildman–Crippen LogP) is 2.62. The lowest BCUT2D eigenvalue weighted by molar-refractivity contribution is 0.382. The zero-order valence-corrected chi connectivity index (χ0v) is 17.9. The van der Waals surface area contributed by atoms with E-state index in [-0.39, 0.29) is 0 Å². The molecule has 1 N–H and O–H groups in total. The van der Waals surface area contributed by atoms with Gasteiger partial charge < -0.3 is 24.3 Å². The molecule has 0 radical (unpaired) electrons. The molecule has 0 fully saturated rings. The third-order valence-corrected chi connectivity index (χ3v) is 5.15. The highest BCUT2D eigenvalue weighted by Crippen LogP contribution is 2.25. The van der Waals surface area contributed by atoms with Crippen molar-refractivity contribution in [2.75, 3.05) is 27.8 Å². The first-order chi connectivity index (χ1) is 14.2. The minimum atomic E-state index is 0.513. The number of benzene rings is 1. The molecule has 8 heteroatoms. The van der Waals surface area contributed by atoms with Gasteiger partial charge >= 0.3 is 0 Å². The van der Waals surface area contributed by atoms with Gasteiger partial charge in [-0.1, -0.05) is 6.42 Å². The largest absolute Gasteiger partial charge is 0.497 e. The monoisotopic (exact) mass is 400 g/mol. The van der Waals surface area contributed by atoms with Gasteiger partial charge in [0.15, 0.2) is 11.8 Å². The molecular formula is C21H32N6O2. The fourth-order valence-electron chi connectivity index (χ4n) is 3.59. The van der Waals surface area contributed by atoms with Crippen LogP contribution in [-0.2, 0) is 26.1 Å². The molecule has 0 spiro atoms.